The number of anilines is 1. The summed E-state index contributed by atoms with van der Waals surface area (Å²) in [5, 5.41) is 8.62. The lowest BCUT2D eigenvalue weighted by Crippen LogP contribution is -2.56. The largest absolute Gasteiger partial charge is 0.449 e. The van der Waals surface area contributed by atoms with Crippen LogP contribution in [-0.2, 0) is 21.4 Å². The van der Waals surface area contributed by atoms with E-state index in [0.29, 0.717) is 18.5 Å². The minimum Gasteiger partial charge on any atom is -0.449 e. The Bertz CT molecular complexity index is 1350. The normalized spacial score (nSPS) is 15.0. The lowest BCUT2D eigenvalue weighted by molar-refractivity contribution is -0.670. The van der Waals surface area contributed by atoms with Crippen molar-refractivity contribution in [2.24, 2.45) is 18.9 Å². The van der Waals surface area contributed by atoms with Gasteiger partial charge in [0.05, 0.1) is 0 Å². The van der Waals surface area contributed by atoms with Crippen LogP contribution in [-0.4, -0.2) is 36.6 Å². The highest BCUT2D eigenvalue weighted by atomic mass is 16.5. The Balaban J connectivity index is 1.43. The molecule has 216 valence electrons. The van der Waals surface area contributed by atoms with Crippen molar-refractivity contribution in [3.8, 4) is 11.1 Å². The number of pyridine rings is 1. The van der Waals surface area contributed by atoms with Gasteiger partial charge in [-0.3, -0.25) is 9.59 Å². The maximum Gasteiger partial charge on any atom is 0.407 e. The van der Waals surface area contributed by atoms with Gasteiger partial charge in [-0.1, -0.05) is 89.1 Å². The van der Waals surface area contributed by atoms with E-state index in [0.717, 1.165) is 22.3 Å². The first-order chi connectivity index (χ1) is 19.7. The number of nitrogens with zero attached hydrogens (tertiary/aromatic N) is 1. The highest BCUT2D eigenvalue weighted by Gasteiger charge is 2.34. The molecular weight excluding hydrogens is 516 g/mol. The molecule has 0 fully saturated rings. The molecule has 1 aromatic heterocycles. The van der Waals surface area contributed by atoms with Crippen LogP contribution < -0.4 is 20.5 Å². The number of fused-ring (bicyclic) bond motifs is 3. The van der Waals surface area contributed by atoms with Crippen LogP contribution in [0.1, 0.15) is 57.6 Å². The van der Waals surface area contributed by atoms with Crippen molar-refractivity contribution in [1.29, 1.82) is 0 Å². The fourth-order valence-electron chi connectivity index (χ4n) is 5.30. The molecule has 0 aliphatic heterocycles. The van der Waals surface area contributed by atoms with Crippen LogP contribution in [0.5, 0.6) is 0 Å². The van der Waals surface area contributed by atoms with E-state index in [9.17, 15) is 14.4 Å². The van der Waals surface area contributed by atoms with E-state index in [1.54, 1.807) is 12.3 Å². The summed E-state index contributed by atoms with van der Waals surface area (Å²) in [6.07, 6.45) is 4.36. The molecule has 4 rings (SSSR count). The number of alkyl carbamates (subject to hydrolysis) is 1. The van der Waals surface area contributed by atoms with Gasteiger partial charge in [-0.05, 0) is 40.2 Å². The summed E-state index contributed by atoms with van der Waals surface area (Å²) in [6, 6.07) is 18.3. The van der Waals surface area contributed by atoms with Crippen molar-refractivity contribution in [2.45, 2.75) is 58.5 Å². The van der Waals surface area contributed by atoms with Crippen LogP contribution >= 0.6 is 0 Å². The summed E-state index contributed by atoms with van der Waals surface area (Å²) in [5.74, 6) is -1.09. The van der Waals surface area contributed by atoms with Crippen LogP contribution in [0.2, 0.25) is 0 Å². The van der Waals surface area contributed by atoms with Crippen molar-refractivity contribution in [3.05, 3.63) is 84.2 Å². The zero-order valence-electron chi connectivity index (χ0n) is 24.5. The highest BCUT2D eigenvalue weighted by molar-refractivity contribution is 5.98. The summed E-state index contributed by atoms with van der Waals surface area (Å²) >= 11 is 0. The number of hydrogen-bond donors (Lipinski definition) is 3. The number of amides is 3. The molecule has 0 saturated carbocycles. The molecule has 41 heavy (non-hydrogen) atoms. The lowest BCUT2D eigenvalue weighted by Gasteiger charge is -2.28. The van der Waals surface area contributed by atoms with Gasteiger partial charge in [-0.15, -0.1) is 0 Å². The molecule has 0 saturated heterocycles. The van der Waals surface area contributed by atoms with Gasteiger partial charge >= 0.3 is 6.09 Å². The predicted molar refractivity (Wildman–Crippen MR) is 159 cm³/mol. The van der Waals surface area contributed by atoms with Crippen LogP contribution in [0.3, 0.4) is 0 Å². The molecule has 4 atom stereocenters. The van der Waals surface area contributed by atoms with Gasteiger partial charge in [0.2, 0.25) is 11.8 Å². The number of hydrogen-bond acceptors (Lipinski definition) is 4. The molecule has 1 aliphatic rings. The maximum absolute atomic E-state index is 13.5. The first-order valence-corrected chi connectivity index (χ1v) is 14.4. The lowest BCUT2D eigenvalue weighted by atomic mass is 9.95. The van der Waals surface area contributed by atoms with E-state index >= 15 is 0 Å². The summed E-state index contributed by atoms with van der Waals surface area (Å²) in [7, 11) is 1.87. The Morgan fingerprint density at radius 3 is 1.93 bits per heavy atom. The summed E-state index contributed by atoms with van der Waals surface area (Å²) in [5.41, 5.74) is 5.16. The third-order valence-corrected chi connectivity index (χ3v) is 8.11. The van der Waals surface area contributed by atoms with Gasteiger partial charge in [0, 0.05) is 12.0 Å². The third kappa shape index (κ3) is 6.93. The van der Waals surface area contributed by atoms with E-state index in [-0.39, 0.29) is 30.3 Å². The Morgan fingerprint density at radius 1 is 0.805 bits per heavy atom. The number of aryl methyl sites for hydroxylation is 1. The van der Waals surface area contributed by atoms with Gasteiger partial charge in [0.15, 0.2) is 12.4 Å². The first-order valence-electron chi connectivity index (χ1n) is 14.4. The van der Waals surface area contributed by atoms with Gasteiger partial charge in [-0.2, -0.15) is 0 Å². The molecule has 4 unspecified atom stereocenters. The number of ether oxygens (including phenoxy) is 1. The third-order valence-electron chi connectivity index (χ3n) is 8.11. The topological polar surface area (TPSA) is 100 Å². The standard InChI is InChI=1S/C33H40N4O4/c1-6-21(3)29(31(38)34-23-13-12-18-37(5)19-23)35-32(39)30(22(4)7-2)36-33(40)41-20-28-26-16-10-8-14-24(26)25-15-9-11-17-27(25)28/h8-19,21-22,28-30H,6-7,20H2,1-5H3,(H2-,34,35,36,38,39,40)/p+1. The minimum absolute atomic E-state index is 0.0812. The number of nitrogens with one attached hydrogen (secondary N) is 3. The summed E-state index contributed by atoms with van der Waals surface area (Å²) in [6.45, 7) is 7.91. The molecule has 2 aromatic carbocycles. The zero-order valence-corrected chi connectivity index (χ0v) is 24.5. The molecule has 1 heterocycles. The average molecular weight is 558 g/mol. The van der Waals surface area contributed by atoms with Crippen LogP contribution in [0.4, 0.5) is 10.5 Å². The van der Waals surface area contributed by atoms with E-state index in [2.05, 4.69) is 40.2 Å². The molecule has 3 N–H and O–H groups in total. The fourth-order valence-corrected chi connectivity index (χ4v) is 5.30. The quantitative estimate of drug-likeness (QED) is 0.291. The van der Waals surface area contributed by atoms with Gasteiger partial charge in [-0.25, -0.2) is 9.36 Å². The van der Waals surface area contributed by atoms with Crippen molar-refractivity contribution in [1.82, 2.24) is 10.6 Å². The molecule has 3 amide bonds. The SMILES string of the molecule is CCC(C)C(NC(=O)OCC1c2ccccc2-c2ccccc21)C(=O)NC(C(=O)Nc1ccc[n+](C)c1)C(C)CC. The Kier molecular flexibility index (Phi) is 9.76. The number of carbonyl (C=O) groups is 3. The maximum atomic E-state index is 13.5. The monoisotopic (exact) mass is 557 g/mol. The van der Waals surface area contributed by atoms with E-state index in [1.165, 1.54) is 0 Å². The number of carbonyl (C=O) groups excluding carboxylic acids is 3. The first kappa shape index (κ1) is 29.8. The Labute approximate surface area is 242 Å². The molecule has 8 nitrogen and oxygen atoms in total. The van der Waals surface area contributed by atoms with E-state index < -0.39 is 24.1 Å². The van der Waals surface area contributed by atoms with Crippen LogP contribution in [0, 0.1) is 11.8 Å². The van der Waals surface area contributed by atoms with Gasteiger partial charge in [0.1, 0.15) is 31.4 Å². The summed E-state index contributed by atoms with van der Waals surface area (Å²) < 4.78 is 7.55. The van der Waals surface area contributed by atoms with Crippen molar-refractivity contribution in [2.75, 3.05) is 11.9 Å². The Morgan fingerprint density at radius 2 is 1.37 bits per heavy atom. The second-order valence-electron chi connectivity index (χ2n) is 11.0. The smallest absolute Gasteiger partial charge is 0.407 e. The molecule has 1 aliphatic carbocycles. The van der Waals surface area contributed by atoms with Crippen molar-refractivity contribution in [3.63, 3.8) is 0 Å². The zero-order chi connectivity index (χ0) is 29.5. The Hall–Kier alpha value is -4.20. The molecule has 0 radical (unpaired) electrons. The highest BCUT2D eigenvalue weighted by Crippen LogP contribution is 2.44. The van der Waals surface area contributed by atoms with Crippen LogP contribution in [0.25, 0.3) is 11.1 Å². The second kappa shape index (κ2) is 13.4. The van der Waals surface area contributed by atoms with E-state index in [4.69, 9.17) is 4.74 Å². The fraction of sp³-hybridized carbons (Fsp3) is 0.394. The average Bonchev–Trinajstić information content (AvgIpc) is 3.30. The molecule has 3 aromatic rings. The molecular formula is C33H41N4O4+. The number of aromatic nitrogens is 1. The predicted octanol–water partition coefficient (Wildman–Crippen LogP) is 4.93. The second-order valence-corrected chi connectivity index (χ2v) is 11.0. The van der Waals surface area contributed by atoms with Gasteiger partial charge in [0.25, 0.3) is 0 Å². The number of rotatable bonds is 11. The van der Waals surface area contributed by atoms with Crippen molar-refractivity contribution >= 4 is 23.6 Å². The van der Waals surface area contributed by atoms with Crippen molar-refractivity contribution < 1.29 is 23.7 Å². The molecule has 0 spiro atoms. The van der Waals surface area contributed by atoms with E-state index in [1.807, 2.05) is 75.8 Å². The van der Waals surface area contributed by atoms with Gasteiger partial charge < -0.3 is 20.7 Å². The van der Waals surface area contributed by atoms with Crippen LogP contribution in [0.15, 0.2) is 73.1 Å². The molecule has 0 bridgehead atoms. The number of benzene rings is 2. The summed E-state index contributed by atoms with van der Waals surface area (Å²) in [4.78, 5) is 39.8. The molecule has 8 heteroatoms. The minimum atomic E-state index is -0.857.